The van der Waals surface area contributed by atoms with Gasteiger partial charge in [-0.2, -0.15) is 0 Å². The van der Waals surface area contributed by atoms with Crippen LogP contribution in [0.15, 0.2) is 78.9 Å². The number of benzene rings is 3. The lowest BCUT2D eigenvalue weighted by molar-refractivity contribution is -0.138. The Balaban J connectivity index is 0.00000245. The maximum absolute atomic E-state index is 14.4. The first-order chi connectivity index (χ1) is 22.4. The Morgan fingerprint density at radius 3 is 2.13 bits per heavy atom. The molecule has 2 aliphatic heterocycles. The van der Waals surface area contributed by atoms with Gasteiger partial charge in [-0.3, -0.25) is 9.59 Å². The van der Waals surface area contributed by atoms with Crippen LogP contribution in [0.5, 0.6) is 0 Å². The van der Waals surface area contributed by atoms with Gasteiger partial charge in [0, 0.05) is 52.7 Å². The number of rotatable bonds is 10. The smallest absolute Gasteiger partial charge is 0.231 e. The van der Waals surface area contributed by atoms with Gasteiger partial charge in [0.25, 0.3) is 0 Å². The molecule has 0 spiro atoms. The van der Waals surface area contributed by atoms with E-state index in [2.05, 4.69) is 9.62 Å². The Morgan fingerprint density at radius 1 is 0.936 bits per heavy atom. The van der Waals surface area contributed by atoms with Crippen LogP contribution in [0.25, 0.3) is 5.70 Å². The number of piperidine rings is 1. The Labute approximate surface area is 292 Å². The van der Waals surface area contributed by atoms with E-state index in [4.69, 9.17) is 40.5 Å². The Kier molecular flexibility index (Phi) is 12.4. The highest BCUT2D eigenvalue weighted by Crippen LogP contribution is 2.44. The molecule has 2 amide bonds. The van der Waals surface area contributed by atoms with Gasteiger partial charge in [0.15, 0.2) is 0 Å². The van der Waals surface area contributed by atoms with Gasteiger partial charge < -0.3 is 15.5 Å². The number of halogens is 3. The predicted molar refractivity (Wildman–Crippen MR) is 192 cm³/mol. The van der Waals surface area contributed by atoms with Crippen LogP contribution in [0.3, 0.4) is 0 Å². The Hall–Kier alpha value is -3.08. The summed E-state index contributed by atoms with van der Waals surface area (Å²) >= 11 is 19.2. The third-order valence-electron chi connectivity index (χ3n) is 8.71. The molecular formula is C35H41Cl3N4O4S. The molecule has 5 rings (SSSR count). The first kappa shape index (κ1) is 36.8. The van der Waals surface area contributed by atoms with Crippen LogP contribution >= 0.6 is 34.8 Å². The second kappa shape index (κ2) is 15.9. The number of anilines is 1. The third-order valence-corrected chi connectivity index (χ3v) is 10.2. The van der Waals surface area contributed by atoms with Crippen LogP contribution in [0.1, 0.15) is 50.7 Å². The van der Waals surface area contributed by atoms with Crippen LogP contribution in [-0.4, -0.2) is 57.1 Å². The molecule has 2 atom stereocenters. The molecule has 47 heavy (non-hydrogen) atoms. The molecule has 3 aromatic rings. The quantitative estimate of drug-likeness (QED) is 0.222. The van der Waals surface area contributed by atoms with Crippen molar-refractivity contribution < 1.29 is 18.0 Å². The molecule has 0 saturated carbocycles. The van der Waals surface area contributed by atoms with Gasteiger partial charge in [-0.15, -0.1) is 0 Å². The van der Waals surface area contributed by atoms with Crippen molar-refractivity contribution in [2.45, 2.75) is 51.0 Å². The van der Waals surface area contributed by atoms with E-state index in [9.17, 15) is 18.0 Å². The van der Waals surface area contributed by atoms with E-state index in [1.807, 2.05) is 68.5 Å². The lowest BCUT2D eigenvalue weighted by Crippen LogP contribution is -2.53. The second-order valence-electron chi connectivity index (χ2n) is 11.6. The highest BCUT2D eigenvalue weighted by atomic mass is 35.5. The summed E-state index contributed by atoms with van der Waals surface area (Å²) < 4.78 is 26.1. The normalized spacial score (nSPS) is 19.1. The topological polar surface area (TPSA) is 113 Å². The molecule has 0 aliphatic carbocycles. The maximum Gasteiger partial charge on any atom is 0.231 e. The van der Waals surface area contributed by atoms with Crippen molar-refractivity contribution in [1.82, 2.24) is 9.62 Å². The molecule has 0 bridgehead atoms. The zero-order valence-corrected chi connectivity index (χ0v) is 29.8. The molecular weight excluding hydrogens is 679 g/mol. The van der Waals surface area contributed by atoms with Crippen LogP contribution < -0.4 is 15.4 Å². The summed E-state index contributed by atoms with van der Waals surface area (Å²) in [5.74, 6) is -1.06. The van der Waals surface area contributed by atoms with Crippen LogP contribution in [0.4, 0.5) is 5.69 Å². The molecule has 1 saturated heterocycles. The summed E-state index contributed by atoms with van der Waals surface area (Å²) in [6.07, 6.45) is 4.86. The number of nitrogens with two attached hydrogens (primary N) is 1. The number of nitrogens with zero attached hydrogens (tertiary/aromatic N) is 2. The molecule has 0 aromatic heterocycles. The molecule has 1 fully saturated rings. The summed E-state index contributed by atoms with van der Waals surface area (Å²) in [5.41, 5.74) is 8.23. The lowest BCUT2D eigenvalue weighted by Gasteiger charge is -2.41. The highest BCUT2D eigenvalue weighted by molar-refractivity contribution is 7.88. The van der Waals surface area contributed by atoms with Crippen molar-refractivity contribution in [3.63, 3.8) is 0 Å². The summed E-state index contributed by atoms with van der Waals surface area (Å²) in [6, 6.07) is 21.7. The fourth-order valence-electron chi connectivity index (χ4n) is 6.42. The van der Waals surface area contributed by atoms with Gasteiger partial charge in [0.05, 0.1) is 22.6 Å². The van der Waals surface area contributed by atoms with Crippen molar-refractivity contribution in [3.05, 3.63) is 105 Å². The number of primary amides is 1. The average molecular weight is 720 g/mol. The lowest BCUT2D eigenvalue weighted by atomic mass is 9.72. The zero-order valence-electron chi connectivity index (χ0n) is 26.8. The van der Waals surface area contributed by atoms with Gasteiger partial charge in [0.1, 0.15) is 0 Å². The molecule has 3 N–H and O–H groups in total. The first-order valence-corrected chi connectivity index (χ1v) is 18.7. The van der Waals surface area contributed by atoms with Crippen LogP contribution in [0, 0.1) is 5.92 Å². The van der Waals surface area contributed by atoms with E-state index < -0.39 is 27.3 Å². The SMILES string of the molecule is CC.CS(=O)(=O)NCCCC1C(C(=O)N2CCC(C(N)=O)(c3ccccc3)CC2)C=C(c2ccc(Cl)cc2Cl)N1c1ccc(Cl)cc1. The fraction of sp³-hybridized carbons (Fsp3) is 0.371. The van der Waals surface area contributed by atoms with Gasteiger partial charge in [-0.25, -0.2) is 13.1 Å². The summed E-state index contributed by atoms with van der Waals surface area (Å²) in [5, 5.41) is 1.49. The zero-order chi connectivity index (χ0) is 34.4. The van der Waals surface area contributed by atoms with E-state index >= 15 is 0 Å². The Bertz CT molecular complexity index is 1690. The second-order valence-corrected chi connectivity index (χ2v) is 14.7. The van der Waals surface area contributed by atoms with Crippen LogP contribution in [0.2, 0.25) is 15.1 Å². The van der Waals surface area contributed by atoms with Gasteiger partial charge >= 0.3 is 0 Å². The monoisotopic (exact) mass is 718 g/mol. The summed E-state index contributed by atoms with van der Waals surface area (Å²) in [6.45, 7) is 4.95. The minimum Gasteiger partial charge on any atom is -0.369 e. The summed E-state index contributed by atoms with van der Waals surface area (Å²) in [4.78, 5) is 31.1. The number of likely N-dealkylation sites (tertiary alicyclic amines) is 1. The third kappa shape index (κ3) is 8.51. The molecule has 3 aromatic carbocycles. The van der Waals surface area contributed by atoms with Crippen molar-refractivity contribution in [3.8, 4) is 0 Å². The fourth-order valence-corrected chi connectivity index (χ4v) is 7.56. The number of hydrogen-bond donors (Lipinski definition) is 2. The summed E-state index contributed by atoms with van der Waals surface area (Å²) in [7, 11) is -3.38. The molecule has 2 heterocycles. The van der Waals surface area contributed by atoms with Gasteiger partial charge in [0.2, 0.25) is 21.8 Å². The number of carbonyl (C=O) groups excluding carboxylic acids is 2. The Morgan fingerprint density at radius 2 is 1.55 bits per heavy atom. The first-order valence-electron chi connectivity index (χ1n) is 15.7. The average Bonchev–Trinajstić information content (AvgIpc) is 3.43. The number of sulfonamides is 1. The number of nitrogens with one attached hydrogen (secondary N) is 1. The van der Waals surface area contributed by atoms with E-state index in [1.165, 1.54) is 0 Å². The molecule has 2 unspecified atom stereocenters. The van der Waals surface area contributed by atoms with E-state index in [-0.39, 0.29) is 18.5 Å². The molecule has 12 heteroatoms. The van der Waals surface area contributed by atoms with E-state index in [0.717, 1.165) is 23.2 Å². The van der Waals surface area contributed by atoms with Gasteiger partial charge in [-0.1, -0.05) is 79.0 Å². The highest BCUT2D eigenvalue weighted by Gasteiger charge is 2.46. The minimum atomic E-state index is -3.38. The largest absolute Gasteiger partial charge is 0.369 e. The number of carbonyl (C=O) groups is 2. The van der Waals surface area contributed by atoms with E-state index in [0.29, 0.717) is 59.4 Å². The van der Waals surface area contributed by atoms with Crippen molar-refractivity contribution >= 4 is 68.0 Å². The maximum atomic E-state index is 14.4. The van der Waals surface area contributed by atoms with Crippen LogP contribution in [-0.2, 0) is 25.0 Å². The molecule has 2 aliphatic rings. The predicted octanol–water partition coefficient (Wildman–Crippen LogP) is 6.89. The molecule has 8 nitrogen and oxygen atoms in total. The van der Waals surface area contributed by atoms with Crippen molar-refractivity contribution in [2.75, 3.05) is 30.8 Å². The van der Waals surface area contributed by atoms with Gasteiger partial charge in [-0.05, 0) is 79.8 Å². The van der Waals surface area contributed by atoms with Crippen molar-refractivity contribution in [1.29, 1.82) is 0 Å². The van der Waals surface area contributed by atoms with Crippen molar-refractivity contribution in [2.24, 2.45) is 11.7 Å². The van der Waals surface area contributed by atoms with E-state index in [1.54, 1.807) is 29.2 Å². The molecule has 252 valence electrons. The number of amides is 2. The molecule has 0 radical (unpaired) electrons. The number of hydrogen-bond acceptors (Lipinski definition) is 5. The minimum absolute atomic E-state index is 0.0822. The standard InChI is InChI=1S/C33H35Cl3N4O4S.C2H6/c1-45(43,44)38-17-5-8-29-27(31(41)39-18-15-33(16-19-39,32(37)42)22-6-3-2-4-7-22)21-30(26-14-11-24(35)20-28(26)36)40(29)25-12-9-23(34)10-13-25;1-2/h2-4,6-7,9-14,20-21,27,29,38H,5,8,15-19H2,1H3,(H2,37,42);1-2H3.